The maximum Gasteiger partial charge on any atom is 0.0619 e. The van der Waals surface area contributed by atoms with Crippen molar-refractivity contribution in [3.05, 3.63) is 29.8 Å². The van der Waals surface area contributed by atoms with Crippen LogP contribution in [0.25, 0.3) is 0 Å². The van der Waals surface area contributed by atoms with Crippen LogP contribution in [-0.2, 0) is 0 Å². The zero-order valence-corrected chi connectivity index (χ0v) is 11.7. The lowest BCUT2D eigenvalue weighted by Crippen LogP contribution is -2.23. The highest BCUT2D eigenvalue weighted by Gasteiger charge is 2.30. The lowest BCUT2D eigenvalue weighted by Gasteiger charge is -2.27. The summed E-state index contributed by atoms with van der Waals surface area (Å²) in [5, 5.41) is 10.5. The monoisotopic (exact) mass is 262 g/mol. The molecule has 1 aromatic rings. The summed E-state index contributed by atoms with van der Waals surface area (Å²) in [6.45, 7) is 0. The fourth-order valence-corrected chi connectivity index (χ4v) is 4.76. The quantitative estimate of drug-likeness (QED) is 0.880. The summed E-state index contributed by atoms with van der Waals surface area (Å²) < 4.78 is 0. The molecule has 2 atom stereocenters. The SMILES string of the molecule is OC(CC1CCCCC1)C1CSc2ccccc21. The van der Waals surface area contributed by atoms with Crippen LogP contribution in [0.2, 0.25) is 0 Å². The van der Waals surface area contributed by atoms with E-state index < -0.39 is 0 Å². The molecule has 18 heavy (non-hydrogen) atoms. The molecule has 3 rings (SSSR count). The van der Waals surface area contributed by atoms with Gasteiger partial charge in [0.25, 0.3) is 0 Å². The zero-order valence-electron chi connectivity index (χ0n) is 10.8. The van der Waals surface area contributed by atoms with Gasteiger partial charge in [0.1, 0.15) is 0 Å². The topological polar surface area (TPSA) is 20.2 Å². The van der Waals surface area contributed by atoms with E-state index in [1.807, 2.05) is 11.8 Å². The first-order valence-corrected chi connectivity index (χ1v) is 8.23. The summed E-state index contributed by atoms with van der Waals surface area (Å²) >= 11 is 1.91. The van der Waals surface area contributed by atoms with Gasteiger partial charge in [-0.05, 0) is 24.0 Å². The van der Waals surface area contributed by atoms with Crippen LogP contribution in [0.5, 0.6) is 0 Å². The van der Waals surface area contributed by atoms with Gasteiger partial charge >= 0.3 is 0 Å². The van der Waals surface area contributed by atoms with Crippen LogP contribution in [0, 0.1) is 5.92 Å². The van der Waals surface area contributed by atoms with E-state index >= 15 is 0 Å². The Hall–Kier alpha value is -0.470. The molecule has 1 heterocycles. The number of benzene rings is 1. The van der Waals surface area contributed by atoms with Crippen molar-refractivity contribution >= 4 is 11.8 Å². The van der Waals surface area contributed by atoms with Crippen molar-refractivity contribution in [2.24, 2.45) is 5.92 Å². The molecule has 1 saturated carbocycles. The van der Waals surface area contributed by atoms with Crippen molar-refractivity contribution in [2.45, 2.75) is 55.4 Å². The predicted octanol–water partition coefficient (Wildman–Crippen LogP) is 4.21. The fourth-order valence-electron chi connectivity index (χ4n) is 3.43. The summed E-state index contributed by atoms with van der Waals surface area (Å²) in [5.74, 6) is 2.20. The molecule has 1 N–H and O–H groups in total. The summed E-state index contributed by atoms with van der Waals surface area (Å²) in [6.07, 6.45) is 7.68. The molecule has 0 spiro atoms. The second-order valence-electron chi connectivity index (χ2n) is 5.76. The second-order valence-corrected chi connectivity index (χ2v) is 6.82. The maximum absolute atomic E-state index is 10.5. The van der Waals surface area contributed by atoms with Crippen molar-refractivity contribution in [2.75, 3.05) is 5.75 Å². The molecular formula is C16H22OS. The Morgan fingerprint density at radius 3 is 2.78 bits per heavy atom. The van der Waals surface area contributed by atoms with Gasteiger partial charge in [-0.1, -0.05) is 50.3 Å². The third kappa shape index (κ3) is 2.60. The van der Waals surface area contributed by atoms with Gasteiger partial charge in [-0.3, -0.25) is 0 Å². The summed E-state index contributed by atoms with van der Waals surface area (Å²) in [7, 11) is 0. The van der Waals surface area contributed by atoms with Crippen molar-refractivity contribution in [1.82, 2.24) is 0 Å². The largest absolute Gasteiger partial charge is 0.392 e. The molecule has 2 heteroatoms. The Balaban J connectivity index is 1.64. The average Bonchev–Trinajstić information content (AvgIpc) is 2.84. The number of hydrogen-bond donors (Lipinski definition) is 1. The molecule has 0 aromatic heterocycles. The van der Waals surface area contributed by atoms with Gasteiger partial charge in [0.05, 0.1) is 6.10 Å². The summed E-state index contributed by atoms with van der Waals surface area (Å²) in [4.78, 5) is 1.38. The first kappa shape index (κ1) is 12.6. The van der Waals surface area contributed by atoms with Gasteiger partial charge in [-0.25, -0.2) is 0 Å². The van der Waals surface area contributed by atoms with Crippen LogP contribution in [0.1, 0.15) is 50.0 Å². The van der Waals surface area contributed by atoms with E-state index in [1.54, 1.807) is 0 Å². The Labute approximate surface area is 114 Å². The van der Waals surface area contributed by atoms with Gasteiger partial charge in [0.15, 0.2) is 0 Å². The molecular weight excluding hydrogens is 240 g/mol. The number of rotatable bonds is 3. The molecule has 1 aromatic carbocycles. The highest BCUT2D eigenvalue weighted by atomic mass is 32.2. The van der Waals surface area contributed by atoms with Gasteiger partial charge in [-0.2, -0.15) is 0 Å². The minimum absolute atomic E-state index is 0.135. The molecule has 1 fully saturated rings. The maximum atomic E-state index is 10.5. The zero-order chi connectivity index (χ0) is 12.4. The van der Waals surface area contributed by atoms with Gasteiger partial charge < -0.3 is 5.11 Å². The van der Waals surface area contributed by atoms with Crippen LogP contribution in [-0.4, -0.2) is 17.0 Å². The van der Waals surface area contributed by atoms with E-state index in [0.29, 0.717) is 5.92 Å². The van der Waals surface area contributed by atoms with Crippen molar-refractivity contribution < 1.29 is 5.11 Å². The molecule has 1 aliphatic heterocycles. The van der Waals surface area contributed by atoms with Crippen molar-refractivity contribution in [3.63, 3.8) is 0 Å². The predicted molar refractivity (Wildman–Crippen MR) is 77.1 cm³/mol. The van der Waals surface area contributed by atoms with Crippen molar-refractivity contribution in [3.8, 4) is 0 Å². The number of aliphatic hydroxyl groups is 1. The van der Waals surface area contributed by atoms with Gasteiger partial charge in [0, 0.05) is 16.6 Å². The number of aliphatic hydroxyl groups excluding tert-OH is 1. The molecule has 0 saturated heterocycles. The van der Waals surface area contributed by atoms with Crippen LogP contribution in [0.4, 0.5) is 0 Å². The van der Waals surface area contributed by atoms with Gasteiger partial charge in [0.2, 0.25) is 0 Å². The molecule has 2 aliphatic rings. The third-order valence-electron chi connectivity index (χ3n) is 4.50. The summed E-state index contributed by atoms with van der Waals surface area (Å²) in [6, 6.07) is 8.59. The second kappa shape index (κ2) is 5.66. The highest BCUT2D eigenvalue weighted by molar-refractivity contribution is 7.99. The Morgan fingerprint density at radius 2 is 1.94 bits per heavy atom. The van der Waals surface area contributed by atoms with Crippen LogP contribution in [0.15, 0.2) is 29.2 Å². The van der Waals surface area contributed by atoms with Gasteiger partial charge in [-0.15, -0.1) is 11.8 Å². The van der Waals surface area contributed by atoms with E-state index in [0.717, 1.165) is 18.1 Å². The first-order valence-electron chi connectivity index (χ1n) is 7.24. The van der Waals surface area contributed by atoms with E-state index in [4.69, 9.17) is 0 Å². The molecule has 0 amide bonds. The Morgan fingerprint density at radius 1 is 1.17 bits per heavy atom. The molecule has 2 unspecified atom stereocenters. The molecule has 0 bridgehead atoms. The first-order chi connectivity index (χ1) is 8.84. The van der Waals surface area contributed by atoms with Crippen LogP contribution in [0.3, 0.4) is 0 Å². The normalized spacial score (nSPS) is 25.9. The van der Waals surface area contributed by atoms with Crippen LogP contribution >= 0.6 is 11.8 Å². The molecule has 1 nitrogen and oxygen atoms in total. The van der Waals surface area contributed by atoms with Crippen molar-refractivity contribution in [1.29, 1.82) is 0 Å². The number of fused-ring (bicyclic) bond motifs is 1. The van der Waals surface area contributed by atoms with E-state index in [2.05, 4.69) is 24.3 Å². The summed E-state index contributed by atoms with van der Waals surface area (Å²) in [5.41, 5.74) is 1.38. The lowest BCUT2D eigenvalue weighted by atomic mass is 9.82. The van der Waals surface area contributed by atoms with E-state index in [1.165, 1.54) is 42.6 Å². The number of thioether (sulfide) groups is 1. The molecule has 1 aliphatic carbocycles. The Kier molecular flexibility index (Phi) is 3.95. The third-order valence-corrected chi connectivity index (χ3v) is 5.71. The fraction of sp³-hybridized carbons (Fsp3) is 0.625. The number of hydrogen-bond acceptors (Lipinski definition) is 2. The highest BCUT2D eigenvalue weighted by Crippen LogP contribution is 2.43. The minimum atomic E-state index is -0.135. The van der Waals surface area contributed by atoms with E-state index in [9.17, 15) is 5.11 Å². The lowest BCUT2D eigenvalue weighted by molar-refractivity contribution is 0.111. The standard InChI is InChI=1S/C16H22OS/c17-15(10-12-6-2-1-3-7-12)14-11-18-16-9-5-4-8-13(14)16/h4-5,8-9,12,14-15,17H,1-3,6-7,10-11H2. The average molecular weight is 262 g/mol. The Bertz CT molecular complexity index is 398. The van der Waals surface area contributed by atoms with Crippen LogP contribution < -0.4 is 0 Å². The smallest absolute Gasteiger partial charge is 0.0619 e. The molecule has 0 radical (unpaired) electrons. The van der Waals surface area contributed by atoms with E-state index in [-0.39, 0.29) is 6.10 Å². The molecule has 98 valence electrons. The minimum Gasteiger partial charge on any atom is -0.392 e.